The number of hydrogen-bond acceptors (Lipinski definition) is 9. The minimum Gasteiger partial charge on any atom is -0.507 e. The van der Waals surface area contributed by atoms with Crippen molar-refractivity contribution < 1.29 is 44.6 Å². The molecule has 2 aromatic carbocycles. The van der Waals surface area contributed by atoms with Gasteiger partial charge in [-0.15, -0.1) is 0 Å². The van der Waals surface area contributed by atoms with Crippen molar-refractivity contribution in [3.8, 4) is 11.5 Å². The molecule has 0 saturated carbocycles. The van der Waals surface area contributed by atoms with Crippen molar-refractivity contribution in [1.82, 2.24) is 0 Å². The van der Waals surface area contributed by atoms with E-state index >= 15 is 0 Å². The van der Waals surface area contributed by atoms with E-state index in [4.69, 9.17) is 9.47 Å². The maximum atomic E-state index is 13.3. The first-order valence-electron chi connectivity index (χ1n) is 9.68. The van der Waals surface area contributed by atoms with Crippen LogP contribution in [0.3, 0.4) is 0 Å². The lowest BCUT2D eigenvalue weighted by Gasteiger charge is -2.39. The first-order chi connectivity index (χ1) is 14.6. The van der Waals surface area contributed by atoms with Gasteiger partial charge in [-0.1, -0.05) is 0 Å². The maximum absolute atomic E-state index is 13.3. The van der Waals surface area contributed by atoms with E-state index in [0.29, 0.717) is 11.1 Å². The van der Waals surface area contributed by atoms with Crippen LogP contribution in [0.15, 0.2) is 24.3 Å². The van der Waals surface area contributed by atoms with Gasteiger partial charge < -0.3 is 35.0 Å². The zero-order chi connectivity index (χ0) is 22.6. The molecule has 0 spiro atoms. The summed E-state index contributed by atoms with van der Waals surface area (Å²) in [6.45, 7) is 2.73. The molecule has 31 heavy (non-hydrogen) atoms. The standard InChI is InChI=1S/C22H22O9/c1-8-3-10-15(12(24)5-8)19(27)16-11(17(10)25)4-9(2)6-13(16)30-22-21(29)20(28)18(26)14(7-23)31-22/h3-6,14,18,20-24,26,28-29H,7H2,1-2H3/t14?,18-,20+,21?,22-/m1/s1. The van der Waals surface area contributed by atoms with Gasteiger partial charge in [0.05, 0.1) is 17.7 Å². The highest BCUT2D eigenvalue weighted by molar-refractivity contribution is 6.30. The molecular weight excluding hydrogens is 408 g/mol. The number of carbonyl (C=O) groups is 2. The number of phenolic OH excluding ortho intramolecular Hbond substituents is 1. The zero-order valence-electron chi connectivity index (χ0n) is 16.8. The molecule has 1 heterocycles. The Morgan fingerprint density at radius 1 is 0.871 bits per heavy atom. The Bertz CT molecular complexity index is 1080. The van der Waals surface area contributed by atoms with Crippen LogP contribution in [0.5, 0.6) is 11.5 Å². The average Bonchev–Trinajstić information content (AvgIpc) is 2.71. The highest BCUT2D eigenvalue weighted by Crippen LogP contribution is 2.39. The minimum absolute atomic E-state index is 0.0714. The van der Waals surface area contributed by atoms with Crippen LogP contribution in [0.1, 0.15) is 43.0 Å². The second-order valence-corrected chi connectivity index (χ2v) is 7.87. The lowest BCUT2D eigenvalue weighted by molar-refractivity contribution is -0.277. The summed E-state index contributed by atoms with van der Waals surface area (Å²) in [7, 11) is 0. The Labute approximate surface area is 177 Å². The first kappa shape index (κ1) is 21.4. The number of aliphatic hydroxyl groups excluding tert-OH is 4. The number of carbonyl (C=O) groups excluding carboxylic acids is 2. The first-order valence-corrected chi connectivity index (χ1v) is 9.68. The van der Waals surface area contributed by atoms with Crippen molar-refractivity contribution in [2.45, 2.75) is 44.6 Å². The molecule has 5 N–H and O–H groups in total. The van der Waals surface area contributed by atoms with Crippen LogP contribution in [0, 0.1) is 13.8 Å². The third kappa shape index (κ3) is 3.40. The maximum Gasteiger partial charge on any atom is 0.229 e. The van der Waals surface area contributed by atoms with Crippen LogP contribution in [-0.2, 0) is 4.74 Å². The Morgan fingerprint density at radius 3 is 2.13 bits per heavy atom. The molecule has 9 heteroatoms. The minimum atomic E-state index is -1.69. The molecule has 0 bridgehead atoms. The van der Waals surface area contributed by atoms with E-state index in [1.807, 2.05) is 0 Å². The van der Waals surface area contributed by atoms with E-state index in [2.05, 4.69) is 0 Å². The average molecular weight is 430 g/mol. The van der Waals surface area contributed by atoms with Gasteiger partial charge in [0.15, 0.2) is 5.78 Å². The van der Waals surface area contributed by atoms with Crippen LogP contribution >= 0.6 is 0 Å². The largest absolute Gasteiger partial charge is 0.507 e. The van der Waals surface area contributed by atoms with Crippen LogP contribution in [0.4, 0.5) is 0 Å². The van der Waals surface area contributed by atoms with Crippen molar-refractivity contribution in [2.75, 3.05) is 6.61 Å². The van der Waals surface area contributed by atoms with E-state index in [1.54, 1.807) is 13.8 Å². The van der Waals surface area contributed by atoms with Gasteiger partial charge in [0, 0.05) is 11.1 Å². The predicted octanol–water partition coefficient (Wildman–Crippen LogP) is -0.0369. The SMILES string of the molecule is Cc1cc(O)c2c(c1)C(=O)c1cc(C)cc(O[C@@H]3OC(CO)[C@@H](O)[C@H](O)C3O)c1C2=O. The number of rotatable bonds is 3. The van der Waals surface area contributed by atoms with Crippen LogP contribution < -0.4 is 4.74 Å². The summed E-state index contributed by atoms with van der Waals surface area (Å²) in [5, 5.41) is 49.9. The summed E-state index contributed by atoms with van der Waals surface area (Å²) in [4.78, 5) is 26.4. The molecule has 2 unspecified atom stereocenters. The molecular formula is C22H22O9. The third-order valence-electron chi connectivity index (χ3n) is 5.54. The van der Waals surface area contributed by atoms with E-state index < -0.39 is 48.9 Å². The molecule has 164 valence electrons. The number of hydrogen-bond donors (Lipinski definition) is 5. The topological polar surface area (TPSA) is 154 Å². The Morgan fingerprint density at radius 2 is 1.48 bits per heavy atom. The number of aromatic hydroxyl groups is 1. The van der Waals surface area contributed by atoms with Crippen LogP contribution in [0.25, 0.3) is 0 Å². The fourth-order valence-corrected chi connectivity index (χ4v) is 4.00. The van der Waals surface area contributed by atoms with E-state index in [9.17, 15) is 35.1 Å². The fourth-order valence-electron chi connectivity index (χ4n) is 4.00. The van der Waals surface area contributed by atoms with E-state index in [-0.39, 0.29) is 33.8 Å². The van der Waals surface area contributed by atoms with Crippen LogP contribution in [-0.4, -0.2) is 74.4 Å². The van der Waals surface area contributed by atoms with Crippen molar-refractivity contribution >= 4 is 11.6 Å². The zero-order valence-corrected chi connectivity index (χ0v) is 16.8. The second-order valence-electron chi connectivity index (χ2n) is 7.87. The van der Waals surface area contributed by atoms with Crippen molar-refractivity contribution in [3.63, 3.8) is 0 Å². The third-order valence-corrected chi connectivity index (χ3v) is 5.54. The van der Waals surface area contributed by atoms with Crippen molar-refractivity contribution in [1.29, 1.82) is 0 Å². The molecule has 1 fully saturated rings. The number of benzene rings is 2. The van der Waals surface area contributed by atoms with Crippen LogP contribution in [0.2, 0.25) is 0 Å². The quantitative estimate of drug-likeness (QED) is 0.385. The number of aliphatic hydroxyl groups is 4. The molecule has 1 aliphatic carbocycles. The molecule has 0 aromatic heterocycles. The summed E-state index contributed by atoms with van der Waals surface area (Å²) < 4.78 is 11.0. The molecule has 5 atom stereocenters. The van der Waals surface area contributed by atoms with Gasteiger partial charge in [-0.2, -0.15) is 0 Å². The van der Waals surface area contributed by atoms with Gasteiger partial charge in [-0.05, 0) is 49.2 Å². The second kappa shape index (κ2) is 7.70. The van der Waals surface area contributed by atoms with E-state index in [0.717, 1.165) is 0 Å². The summed E-state index contributed by atoms with van der Waals surface area (Å²) in [6.07, 6.45) is -7.65. The molecule has 1 aliphatic heterocycles. The number of aryl methyl sites for hydroxylation is 2. The normalized spacial score (nSPS) is 27.6. The number of ketones is 2. The summed E-state index contributed by atoms with van der Waals surface area (Å²) >= 11 is 0. The molecule has 2 aromatic rings. The summed E-state index contributed by atoms with van der Waals surface area (Å²) in [5.41, 5.74) is 1.09. The highest BCUT2D eigenvalue weighted by atomic mass is 16.7. The predicted molar refractivity (Wildman–Crippen MR) is 105 cm³/mol. The number of phenols is 1. The lowest BCUT2D eigenvalue weighted by Crippen LogP contribution is -2.60. The Hall–Kier alpha value is -2.82. The number of fused-ring (bicyclic) bond motifs is 2. The van der Waals surface area contributed by atoms with Gasteiger partial charge in [0.25, 0.3) is 0 Å². The molecule has 2 aliphatic rings. The molecule has 0 radical (unpaired) electrons. The lowest BCUT2D eigenvalue weighted by atomic mass is 9.81. The molecule has 0 amide bonds. The van der Waals surface area contributed by atoms with Gasteiger partial charge in [-0.25, -0.2) is 0 Å². The van der Waals surface area contributed by atoms with E-state index in [1.165, 1.54) is 24.3 Å². The molecule has 4 rings (SSSR count). The molecule has 9 nitrogen and oxygen atoms in total. The van der Waals surface area contributed by atoms with Gasteiger partial charge in [0.1, 0.15) is 35.9 Å². The van der Waals surface area contributed by atoms with Gasteiger partial charge in [-0.3, -0.25) is 9.59 Å². The molecule has 1 saturated heterocycles. The Kier molecular flexibility index (Phi) is 5.32. The Balaban J connectivity index is 1.79. The van der Waals surface area contributed by atoms with Crippen molar-refractivity contribution in [3.05, 3.63) is 57.6 Å². The summed E-state index contributed by atoms with van der Waals surface area (Å²) in [6, 6.07) is 5.89. The fraction of sp³-hybridized carbons (Fsp3) is 0.364. The monoisotopic (exact) mass is 430 g/mol. The smallest absolute Gasteiger partial charge is 0.229 e. The highest BCUT2D eigenvalue weighted by Gasteiger charge is 2.45. The van der Waals surface area contributed by atoms with Gasteiger partial charge >= 0.3 is 0 Å². The summed E-state index contributed by atoms with van der Waals surface area (Å²) in [5.74, 6) is -1.53. The number of ether oxygens (including phenoxy) is 2. The van der Waals surface area contributed by atoms with Gasteiger partial charge in [0.2, 0.25) is 12.1 Å². The van der Waals surface area contributed by atoms with Crippen molar-refractivity contribution in [2.24, 2.45) is 0 Å².